The second kappa shape index (κ2) is 5.66. The van der Waals surface area contributed by atoms with Crippen LogP contribution in [0.5, 0.6) is 5.75 Å². The third kappa shape index (κ3) is 2.06. The zero-order chi connectivity index (χ0) is 18.7. The van der Waals surface area contributed by atoms with E-state index in [1.165, 1.54) is 30.1 Å². The van der Waals surface area contributed by atoms with Crippen LogP contribution in [0, 0.1) is 23.7 Å². The van der Waals surface area contributed by atoms with Crippen LogP contribution < -0.4 is 9.64 Å². The van der Waals surface area contributed by atoms with E-state index in [0.717, 1.165) is 0 Å². The molecule has 5 nitrogen and oxygen atoms in total. The number of ketones is 1. The highest BCUT2D eigenvalue weighted by Crippen LogP contribution is 2.57. The number of hydrogen-bond acceptors (Lipinski definition) is 4. The lowest BCUT2D eigenvalue weighted by Gasteiger charge is -2.21. The second-order valence-corrected chi connectivity index (χ2v) is 7.40. The predicted molar refractivity (Wildman–Crippen MR) is 97.0 cm³/mol. The van der Waals surface area contributed by atoms with Crippen LogP contribution in [-0.4, -0.2) is 24.7 Å². The lowest BCUT2D eigenvalue weighted by atomic mass is 9.85. The largest absolute Gasteiger partial charge is 0.495 e. The van der Waals surface area contributed by atoms with Gasteiger partial charge in [0.1, 0.15) is 5.75 Å². The minimum Gasteiger partial charge on any atom is -0.495 e. The molecule has 0 aromatic heterocycles. The first-order valence-corrected chi connectivity index (χ1v) is 8.79. The number of carbonyl (C=O) groups excluding carboxylic acids is 3. The van der Waals surface area contributed by atoms with Gasteiger partial charge < -0.3 is 4.74 Å². The number of amides is 2. The number of benzene rings is 1. The standard InChI is InChI=1S/C21H21NO4/c1-10(2)17-13-6-7-14(17)19-18(13)20(24)22(21(19)25)15-9-12(11(3)23)5-8-16(15)26-4/h5-9,13-14,18-19H,1-4H3/t13-,14+,18-,19+. The molecular formula is C21H21NO4. The molecule has 2 aliphatic carbocycles. The Labute approximate surface area is 152 Å². The quantitative estimate of drug-likeness (QED) is 0.477. The molecule has 0 N–H and O–H groups in total. The smallest absolute Gasteiger partial charge is 0.238 e. The Balaban J connectivity index is 1.80. The highest BCUT2D eigenvalue weighted by Gasteiger charge is 2.62. The van der Waals surface area contributed by atoms with Crippen LogP contribution in [0.15, 0.2) is 41.5 Å². The third-order valence-electron chi connectivity index (χ3n) is 5.82. The fourth-order valence-electron chi connectivity index (χ4n) is 4.75. The number of carbonyl (C=O) groups is 3. The zero-order valence-electron chi connectivity index (χ0n) is 15.3. The van der Waals surface area contributed by atoms with Crippen molar-refractivity contribution in [3.63, 3.8) is 0 Å². The Bertz CT molecular complexity index is 873. The van der Waals surface area contributed by atoms with E-state index in [0.29, 0.717) is 17.0 Å². The lowest BCUT2D eigenvalue weighted by Crippen LogP contribution is -2.33. The molecule has 0 unspecified atom stereocenters. The van der Waals surface area contributed by atoms with Gasteiger partial charge in [-0.05, 0) is 39.0 Å². The number of Topliss-reactive ketones (excluding diaryl/α,β-unsaturated/α-hetero) is 1. The normalized spacial score (nSPS) is 28.8. The maximum Gasteiger partial charge on any atom is 0.238 e. The first-order chi connectivity index (χ1) is 12.4. The van der Waals surface area contributed by atoms with Crippen molar-refractivity contribution < 1.29 is 19.1 Å². The van der Waals surface area contributed by atoms with Crippen LogP contribution in [-0.2, 0) is 9.59 Å². The van der Waals surface area contributed by atoms with E-state index >= 15 is 0 Å². The van der Waals surface area contributed by atoms with Crippen molar-refractivity contribution >= 4 is 23.3 Å². The number of methoxy groups -OCH3 is 1. The fraction of sp³-hybridized carbons (Fsp3) is 0.381. The Morgan fingerprint density at radius 2 is 1.58 bits per heavy atom. The second-order valence-electron chi connectivity index (χ2n) is 7.40. The fourth-order valence-corrected chi connectivity index (χ4v) is 4.75. The van der Waals surface area contributed by atoms with Gasteiger partial charge in [-0.2, -0.15) is 0 Å². The van der Waals surface area contributed by atoms with E-state index in [1.807, 2.05) is 13.8 Å². The summed E-state index contributed by atoms with van der Waals surface area (Å²) in [5.41, 5.74) is 3.21. The Hall–Kier alpha value is -2.69. The maximum absolute atomic E-state index is 13.2. The summed E-state index contributed by atoms with van der Waals surface area (Å²) < 4.78 is 5.36. The molecule has 5 heteroatoms. The van der Waals surface area contributed by atoms with Crippen LogP contribution in [0.4, 0.5) is 5.69 Å². The molecule has 2 amide bonds. The monoisotopic (exact) mass is 351 g/mol. The Kier molecular flexibility index (Phi) is 3.65. The molecule has 1 saturated heterocycles. The van der Waals surface area contributed by atoms with E-state index in [9.17, 15) is 14.4 Å². The van der Waals surface area contributed by atoms with Gasteiger partial charge in [-0.1, -0.05) is 23.3 Å². The highest BCUT2D eigenvalue weighted by molar-refractivity contribution is 6.24. The van der Waals surface area contributed by atoms with Crippen LogP contribution in [0.25, 0.3) is 0 Å². The molecular weight excluding hydrogens is 330 g/mol. The van der Waals surface area contributed by atoms with E-state index in [1.54, 1.807) is 18.2 Å². The molecule has 0 radical (unpaired) electrons. The molecule has 2 bridgehead atoms. The number of fused-ring (bicyclic) bond motifs is 5. The van der Waals surface area contributed by atoms with E-state index < -0.39 is 0 Å². The van der Waals surface area contributed by atoms with E-state index in [-0.39, 0.29) is 41.3 Å². The summed E-state index contributed by atoms with van der Waals surface area (Å²) in [7, 11) is 1.49. The molecule has 26 heavy (non-hydrogen) atoms. The highest BCUT2D eigenvalue weighted by atomic mass is 16.5. The van der Waals surface area contributed by atoms with Crippen molar-refractivity contribution in [1.82, 2.24) is 0 Å². The van der Waals surface area contributed by atoms with E-state index in [2.05, 4.69) is 12.2 Å². The minimum absolute atomic E-state index is 0.00145. The van der Waals surface area contributed by atoms with Gasteiger partial charge in [-0.15, -0.1) is 0 Å². The van der Waals surface area contributed by atoms with Gasteiger partial charge >= 0.3 is 0 Å². The topological polar surface area (TPSA) is 63.7 Å². The molecule has 1 aromatic rings. The molecule has 1 aromatic carbocycles. The van der Waals surface area contributed by atoms with Crippen molar-refractivity contribution in [2.45, 2.75) is 20.8 Å². The summed E-state index contributed by atoms with van der Waals surface area (Å²) in [4.78, 5) is 39.4. The molecule has 1 aliphatic heterocycles. The SMILES string of the molecule is COc1ccc(C(C)=O)cc1N1C(=O)[C@@H]2[C@H](C1=O)[C@@H]1C=C[C@H]2C1=C(C)C. The minimum atomic E-state index is -0.354. The number of anilines is 1. The van der Waals surface area contributed by atoms with Crippen LogP contribution in [0.2, 0.25) is 0 Å². The Morgan fingerprint density at radius 1 is 1.00 bits per heavy atom. The van der Waals surface area contributed by atoms with Gasteiger partial charge in [-0.3, -0.25) is 14.4 Å². The molecule has 1 saturated carbocycles. The number of hydrogen-bond donors (Lipinski definition) is 0. The van der Waals surface area contributed by atoms with Crippen molar-refractivity contribution in [2.24, 2.45) is 23.7 Å². The average Bonchev–Trinajstić information content (AvgIpc) is 3.24. The number of nitrogens with zero attached hydrogens (tertiary/aromatic N) is 1. The summed E-state index contributed by atoms with van der Waals surface area (Å²) in [6, 6.07) is 4.85. The summed E-state index contributed by atoms with van der Waals surface area (Å²) in [6.07, 6.45) is 4.12. The maximum atomic E-state index is 13.2. The van der Waals surface area contributed by atoms with Crippen molar-refractivity contribution in [1.29, 1.82) is 0 Å². The first kappa shape index (κ1) is 16.8. The van der Waals surface area contributed by atoms with Gasteiger partial charge in [0, 0.05) is 17.4 Å². The summed E-state index contributed by atoms with van der Waals surface area (Å²) in [5, 5.41) is 0. The summed E-state index contributed by atoms with van der Waals surface area (Å²) in [6.45, 7) is 5.53. The molecule has 134 valence electrons. The average molecular weight is 351 g/mol. The zero-order valence-corrected chi connectivity index (χ0v) is 15.3. The number of ether oxygens (including phenoxy) is 1. The molecule has 4 rings (SSSR count). The number of imide groups is 1. The van der Waals surface area contributed by atoms with Crippen LogP contribution >= 0.6 is 0 Å². The van der Waals surface area contributed by atoms with Gasteiger partial charge in [-0.25, -0.2) is 4.90 Å². The Morgan fingerprint density at radius 3 is 2.04 bits per heavy atom. The molecule has 1 heterocycles. The van der Waals surface area contributed by atoms with Crippen molar-refractivity contribution in [3.8, 4) is 5.75 Å². The van der Waals surface area contributed by atoms with Crippen LogP contribution in [0.3, 0.4) is 0 Å². The lowest BCUT2D eigenvalue weighted by molar-refractivity contribution is -0.123. The predicted octanol–water partition coefficient (Wildman–Crippen LogP) is 3.16. The van der Waals surface area contributed by atoms with Crippen molar-refractivity contribution in [2.75, 3.05) is 12.0 Å². The van der Waals surface area contributed by atoms with E-state index in [4.69, 9.17) is 4.74 Å². The molecule has 0 spiro atoms. The molecule has 3 aliphatic rings. The first-order valence-electron chi connectivity index (χ1n) is 8.79. The number of rotatable bonds is 3. The van der Waals surface area contributed by atoms with Gasteiger partial charge in [0.05, 0.1) is 24.6 Å². The third-order valence-corrected chi connectivity index (χ3v) is 5.82. The van der Waals surface area contributed by atoms with Crippen molar-refractivity contribution in [3.05, 3.63) is 47.1 Å². The molecule has 2 fully saturated rings. The van der Waals surface area contributed by atoms with Gasteiger partial charge in [0.15, 0.2) is 5.78 Å². The number of allylic oxidation sites excluding steroid dienone is 4. The summed E-state index contributed by atoms with van der Waals surface area (Å²) >= 11 is 0. The molecule has 4 atom stereocenters. The summed E-state index contributed by atoms with van der Waals surface area (Å²) in [5.74, 6) is -0.816. The van der Waals surface area contributed by atoms with Gasteiger partial charge in [0.25, 0.3) is 0 Å². The van der Waals surface area contributed by atoms with Crippen LogP contribution in [0.1, 0.15) is 31.1 Å². The van der Waals surface area contributed by atoms with Gasteiger partial charge in [0.2, 0.25) is 11.8 Å².